The van der Waals surface area contributed by atoms with E-state index in [0.717, 1.165) is 31.2 Å². The number of anilines is 1. The lowest BCUT2D eigenvalue weighted by molar-refractivity contribution is -0.119. The number of rotatable bonds is 4. The molecule has 0 unspecified atom stereocenters. The molecule has 1 saturated carbocycles. The number of amides is 1. The van der Waals surface area contributed by atoms with Gasteiger partial charge in [0.25, 0.3) is 0 Å². The number of hydrogen-bond donors (Lipinski definition) is 1. The van der Waals surface area contributed by atoms with Gasteiger partial charge in [-0.2, -0.15) is 0 Å². The van der Waals surface area contributed by atoms with Gasteiger partial charge in [0.1, 0.15) is 0 Å². The van der Waals surface area contributed by atoms with Crippen LogP contribution < -0.4 is 5.32 Å². The molecule has 0 radical (unpaired) electrons. The second-order valence-electron chi connectivity index (χ2n) is 5.22. The Morgan fingerprint density at radius 1 is 1.30 bits per heavy atom. The number of ether oxygens (including phenoxy) is 1. The zero-order chi connectivity index (χ0) is 14.5. The summed E-state index contributed by atoms with van der Waals surface area (Å²) in [6.07, 6.45) is 4.17. The topological polar surface area (TPSA) is 55.4 Å². The van der Waals surface area contributed by atoms with Crippen LogP contribution in [0.1, 0.15) is 48.5 Å². The van der Waals surface area contributed by atoms with Crippen LogP contribution in [0, 0.1) is 12.8 Å². The summed E-state index contributed by atoms with van der Waals surface area (Å²) in [7, 11) is 0. The molecule has 1 fully saturated rings. The second-order valence-corrected chi connectivity index (χ2v) is 5.22. The van der Waals surface area contributed by atoms with Crippen molar-refractivity contribution in [3.8, 4) is 0 Å². The van der Waals surface area contributed by atoms with E-state index in [9.17, 15) is 9.59 Å². The quantitative estimate of drug-likeness (QED) is 0.858. The molecule has 0 aromatic heterocycles. The average molecular weight is 275 g/mol. The SMILES string of the molecule is CCOC(=O)c1ccc(C)c(NC(=O)C2CCCC2)c1. The summed E-state index contributed by atoms with van der Waals surface area (Å²) in [6.45, 7) is 4.03. The number of nitrogens with one attached hydrogen (secondary N) is 1. The normalized spacial score (nSPS) is 15.1. The van der Waals surface area contributed by atoms with Gasteiger partial charge in [-0.05, 0) is 44.4 Å². The van der Waals surface area contributed by atoms with E-state index in [4.69, 9.17) is 4.74 Å². The highest BCUT2D eigenvalue weighted by Crippen LogP contribution is 2.27. The fraction of sp³-hybridized carbons (Fsp3) is 0.500. The van der Waals surface area contributed by atoms with Crippen molar-refractivity contribution in [2.24, 2.45) is 5.92 Å². The van der Waals surface area contributed by atoms with E-state index < -0.39 is 0 Å². The van der Waals surface area contributed by atoms with Crippen LogP contribution in [0.2, 0.25) is 0 Å². The molecule has 20 heavy (non-hydrogen) atoms. The molecule has 1 amide bonds. The van der Waals surface area contributed by atoms with Crippen molar-refractivity contribution in [3.63, 3.8) is 0 Å². The minimum atomic E-state index is -0.358. The lowest BCUT2D eigenvalue weighted by Gasteiger charge is -2.13. The highest BCUT2D eigenvalue weighted by molar-refractivity contribution is 5.96. The maximum absolute atomic E-state index is 12.1. The maximum Gasteiger partial charge on any atom is 0.338 e. The van der Waals surface area contributed by atoms with Gasteiger partial charge in [0.2, 0.25) is 5.91 Å². The van der Waals surface area contributed by atoms with Crippen molar-refractivity contribution in [1.82, 2.24) is 0 Å². The van der Waals surface area contributed by atoms with Crippen molar-refractivity contribution in [1.29, 1.82) is 0 Å². The summed E-state index contributed by atoms with van der Waals surface area (Å²) in [5.74, 6) is -0.184. The van der Waals surface area contributed by atoms with Gasteiger partial charge >= 0.3 is 5.97 Å². The van der Waals surface area contributed by atoms with Crippen LogP contribution in [0.25, 0.3) is 0 Å². The van der Waals surface area contributed by atoms with E-state index in [-0.39, 0.29) is 17.8 Å². The smallest absolute Gasteiger partial charge is 0.338 e. The van der Waals surface area contributed by atoms with Crippen molar-refractivity contribution >= 4 is 17.6 Å². The minimum Gasteiger partial charge on any atom is -0.462 e. The molecule has 0 atom stereocenters. The molecule has 108 valence electrons. The Balaban J connectivity index is 2.11. The lowest BCUT2D eigenvalue weighted by Crippen LogP contribution is -2.21. The van der Waals surface area contributed by atoms with Crippen LogP contribution in [0.5, 0.6) is 0 Å². The van der Waals surface area contributed by atoms with Crippen molar-refractivity contribution in [2.75, 3.05) is 11.9 Å². The molecule has 1 aliphatic carbocycles. The first-order valence-electron chi connectivity index (χ1n) is 7.20. The van der Waals surface area contributed by atoms with Gasteiger partial charge in [0, 0.05) is 11.6 Å². The minimum absolute atomic E-state index is 0.0617. The predicted octanol–water partition coefficient (Wildman–Crippen LogP) is 3.30. The monoisotopic (exact) mass is 275 g/mol. The molecular formula is C16H21NO3. The van der Waals surface area contributed by atoms with Crippen LogP contribution >= 0.6 is 0 Å². The van der Waals surface area contributed by atoms with Crippen molar-refractivity contribution in [2.45, 2.75) is 39.5 Å². The molecule has 0 aliphatic heterocycles. The molecule has 1 N–H and O–H groups in total. The molecule has 0 saturated heterocycles. The van der Waals surface area contributed by atoms with E-state index in [0.29, 0.717) is 17.9 Å². The number of carbonyl (C=O) groups is 2. The third kappa shape index (κ3) is 3.38. The number of hydrogen-bond acceptors (Lipinski definition) is 3. The Kier molecular flexibility index (Phi) is 4.77. The maximum atomic E-state index is 12.1. The lowest BCUT2D eigenvalue weighted by atomic mass is 10.1. The van der Waals surface area contributed by atoms with Gasteiger partial charge < -0.3 is 10.1 Å². The standard InChI is InChI=1S/C16H21NO3/c1-3-20-16(19)13-9-8-11(2)14(10-13)17-15(18)12-6-4-5-7-12/h8-10,12H,3-7H2,1-2H3,(H,17,18). The highest BCUT2D eigenvalue weighted by atomic mass is 16.5. The van der Waals surface area contributed by atoms with Crippen molar-refractivity contribution in [3.05, 3.63) is 29.3 Å². The summed E-state index contributed by atoms with van der Waals surface area (Å²) >= 11 is 0. The third-order valence-electron chi connectivity index (χ3n) is 3.73. The molecule has 2 rings (SSSR count). The number of esters is 1. The van der Waals surface area contributed by atoms with Gasteiger partial charge in [0.15, 0.2) is 0 Å². The Morgan fingerprint density at radius 3 is 2.65 bits per heavy atom. The summed E-state index contributed by atoms with van der Waals surface area (Å²) < 4.78 is 4.98. The van der Waals surface area contributed by atoms with E-state index in [2.05, 4.69) is 5.32 Å². The zero-order valence-corrected chi connectivity index (χ0v) is 12.1. The van der Waals surface area contributed by atoms with Gasteiger partial charge in [-0.1, -0.05) is 18.9 Å². The van der Waals surface area contributed by atoms with Crippen LogP contribution in [-0.4, -0.2) is 18.5 Å². The van der Waals surface area contributed by atoms with Gasteiger partial charge in [-0.3, -0.25) is 4.79 Å². The van der Waals surface area contributed by atoms with E-state index in [1.807, 2.05) is 13.0 Å². The summed E-state index contributed by atoms with van der Waals surface area (Å²) in [6, 6.07) is 5.25. The van der Waals surface area contributed by atoms with Crippen LogP contribution in [0.15, 0.2) is 18.2 Å². The Morgan fingerprint density at radius 2 is 2.00 bits per heavy atom. The first-order valence-corrected chi connectivity index (χ1v) is 7.20. The fourth-order valence-electron chi connectivity index (χ4n) is 2.52. The molecule has 1 aromatic carbocycles. The Labute approximate surface area is 119 Å². The first kappa shape index (κ1) is 14.6. The summed E-state index contributed by atoms with van der Waals surface area (Å²) in [5, 5.41) is 2.94. The molecule has 0 heterocycles. The number of benzene rings is 1. The Hall–Kier alpha value is -1.84. The molecule has 1 aromatic rings. The second kappa shape index (κ2) is 6.55. The molecule has 0 spiro atoms. The predicted molar refractivity (Wildman–Crippen MR) is 77.7 cm³/mol. The molecule has 4 nitrogen and oxygen atoms in total. The van der Waals surface area contributed by atoms with Gasteiger partial charge in [-0.15, -0.1) is 0 Å². The fourth-order valence-corrected chi connectivity index (χ4v) is 2.52. The largest absolute Gasteiger partial charge is 0.462 e. The molecule has 1 aliphatic rings. The average Bonchev–Trinajstić information content (AvgIpc) is 2.95. The zero-order valence-electron chi connectivity index (χ0n) is 12.1. The van der Waals surface area contributed by atoms with E-state index in [1.165, 1.54) is 0 Å². The van der Waals surface area contributed by atoms with Gasteiger partial charge in [-0.25, -0.2) is 4.79 Å². The summed E-state index contributed by atoms with van der Waals surface area (Å²) in [5.41, 5.74) is 2.12. The van der Waals surface area contributed by atoms with E-state index >= 15 is 0 Å². The van der Waals surface area contributed by atoms with E-state index in [1.54, 1.807) is 19.1 Å². The third-order valence-corrected chi connectivity index (χ3v) is 3.73. The van der Waals surface area contributed by atoms with Crippen LogP contribution in [0.4, 0.5) is 5.69 Å². The molecular weight excluding hydrogens is 254 g/mol. The van der Waals surface area contributed by atoms with Crippen LogP contribution in [-0.2, 0) is 9.53 Å². The van der Waals surface area contributed by atoms with Gasteiger partial charge in [0.05, 0.1) is 12.2 Å². The molecule has 0 bridgehead atoms. The number of carbonyl (C=O) groups excluding carboxylic acids is 2. The van der Waals surface area contributed by atoms with Crippen molar-refractivity contribution < 1.29 is 14.3 Å². The number of aryl methyl sites for hydroxylation is 1. The summed E-state index contributed by atoms with van der Waals surface area (Å²) in [4.78, 5) is 23.9. The first-order chi connectivity index (χ1) is 9.61. The highest BCUT2D eigenvalue weighted by Gasteiger charge is 2.23. The van der Waals surface area contributed by atoms with Crippen LogP contribution in [0.3, 0.4) is 0 Å². The Bertz CT molecular complexity index is 504. The molecule has 4 heteroatoms.